The summed E-state index contributed by atoms with van der Waals surface area (Å²) in [4.78, 5) is 16.0. The fourth-order valence-corrected chi connectivity index (χ4v) is 2.58. The van der Waals surface area contributed by atoms with Crippen molar-refractivity contribution in [2.75, 3.05) is 5.32 Å². The highest BCUT2D eigenvalue weighted by Crippen LogP contribution is 2.33. The number of carbonyl (C=O) groups excluding carboxylic acids is 1. The lowest BCUT2D eigenvalue weighted by atomic mass is 10.1. The Hall–Kier alpha value is -3.37. The molecule has 0 aliphatic heterocycles. The average Bonchev–Trinajstić information content (AvgIpc) is 3.14. The molecular formula is C18H12F6N4O. The number of carbonyl (C=O) groups is 1. The molecule has 0 saturated heterocycles. The summed E-state index contributed by atoms with van der Waals surface area (Å²) in [5, 5.41) is 6.13. The zero-order valence-electron chi connectivity index (χ0n) is 14.4. The summed E-state index contributed by atoms with van der Waals surface area (Å²) < 4.78 is 78.6. The second-order valence-corrected chi connectivity index (χ2v) is 5.99. The van der Waals surface area contributed by atoms with E-state index in [1.54, 1.807) is 0 Å². The molecule has 1 aromatic heterocycles. The van der Waals surface area contributed by atoms with Crippen LogP contribution in [0.4, 0.5) is 32.0 Å². The molecule has 11 heteroatoms. The van der Waals surface area contributed by atoms with Gasteiger partial charge in [0.1, 0.15) is 12.7 Å². The molecule has 0 aliphatic carbocycles. The highest BCUT2D eigenvalue weighted by atomic mass is 19.4. The van der Waals surface area contributed by atoms with Gasteiger partial charge in [-0.05, 0) is 29.8 Å². The van der Waals surface area contributed by atoms with E-state index in [-0.39, 0.29) is 16.9 Å². The van der Waals surface area contributed by atoms with Crippen molar-refractivity contribution in [3.8, 4) is 5.69 Å². The van der Waals surface area contributed by atoms with Gasteiger partial charge >= 0.3 is 12.4 Å². The van der Waals surface area contributed by atoms with Crippen LogP contribution in [0.1, 0.15) is 16.7 Å². The van der Waals surface area contributed by atoms with E-state index < -0.39 is 35.8 Å². The van der Waals surface area contributed by atoms with Gasteiger partial charge in [-0.15, -0.1) is 0 Å². The Kier molecular flexibility index (Phi) is 5.31. The SMILES string of the molecule is O=C(Cc1cccc(C(F)(F)F)c1)Nc1cc(C(F)(F)F)ccc1-n1cncn1. The molecule has 1 amide bonds. The smallest absolute Gasteiger partial charge is 0.324 e. The van der Waals surface area contributed by atoms with Crippen LogP contribution in [0.2, 0.25) is 0 Å². The number of rotatable bonds is 4. The molecule has 0 unspecified atom stereocenters. The van der Waals surface area contributed by atoms with Crippen LogP contribution in [0.5, 0.6) is 0 Å². The maximum Gasteiger partial charge on any atom is 0.416 e. The van der Waals surface area contributed by atoms with Crippen LogP contribution in [0.15, 0.2) is 55.1 Å². The van der Waals surface area contributed by atoms with Crippen molar-refractivity contribution in [1.29, 1.82) is 0 Å². The van der Waals surface area contributed by atoms with Crippen LogP contribution >= 0.6 is 0 Å². The van der Waals surface area contributed by atoms with E-state index in [2.05, 4.69) is 15.4 Å². The Balaban J connectivity index is 1.87. The van der Waals surface area contributed by atoms with Crippen LogP contribution in [-0.4, -0.2) is 20.7 Å². The molecule has 0 fully saturated rings. The standard InChI is InChI=1S/C18H12F6N4O/c19-17(20,21)12-3-1-2-11(6-12)7-16(29)27-14-8-13(18(22,23)24)4-5-15(14)28-10-25-9-26-28/h1-6,8-10H,7H2,(H,27,29). The third-order valence-electron chi connectivity index (χ3n) is 3.88. The normalized spacial score (nSPS) is 12.1. The fourth-order valence-electron chi connectivity index (χ4n) is 2.58. The Bertz CT molecular complexity index is 1010. The van der Waals surface area contributed by atoms with Gasteiger partial charge in [0.15, 0.2) is 0 Å². The second-order valence-electron chi connectivity index (χ2n) is 5.99. The second kappa shape index (κ2) is 7.57. The van der Waals surface area contributed by atoms with Crippen LogP contribution in [0.3, 0.4) is 0 Å². The predicted molar refractivity (Wildman–Crippen MR) is 90.1 cm³/mol. The molecule has 2 aromatic carbocycles. The van der Waals surface area contributed by atoms with Crippen molar-refractivity contribution in [1.82, 2.24) is 14.8 Å². The summed E-state index contributed by atoms with van der Waals surface area (Å²) in [6.07, 6.45) is -7.30. The van der Waals surface area contributed by atoms with Crippen molar-refractivity contribution < 1.29 is 31.1 Å². The lowest BCUT2D eigenvalue weighted by molar-refractivity contribution is -0.138. The molecule has 0 aliphatic rings. The summed E-state index contributed by atoms with van der Waals surface area (Å²) in [7, 11) is 0. The molecule has 5 nitrogen and oxygen atoms in total. The van der Waals surface area contributed by atoms with Gasteiger partial charge in [-0.2, -0.15) is 31.4 Å². The van der Waals surface area contributed by atoms with Gasteiger partial charge in [-0.1, -0.05) is 18.2 Å². The van der Waals surface area contributed by atoms with Gasteiger partial charge < -0.3 is 5.32 Å². The first-order valence-electron chi connectivity index (χ1n) is 8.06. The molecule has 29 heavy (non-hydrogen) atoms. The minimum atomic E-state index is -4.65. The van der Waals surface area contributed by atoms with Crippen molar-refractivity contribution in [2.45, 2.75) is 18.8 Å². The zero-order chi connectivity index (χ0) is 21.2. The first-order valence-corrected chi connectivity index (χ1v) is 8.06. The highest BCUT2D eigenvalue weighted by molar-refractivity contribution is 5.94. The minimum Gasteiger partial charge on any atom is -0.324 e. The van der Waals surface area contributed by atoms with E-state index in [1.807, 2.05) is 0 Å². The molecular weight excluding hydrogens is 402 g/mol. The van der Waals surface area contributed by atoms with Crippen LogP contribution < -0.4 is 5.32 Å². The van der Waals surface area contributed by atoms with Crippen LogP contribution in [0, 0.1) is 0 Å². The topological polar surface area (TPSA) is 59.8 Å². The quantitative estimate of drug-likeness (QED) is 0.641. The summed E-state index contributed by atoms with van der Waals surface area (Å²) in [6.45, 7) is 0. The molecule has 0 saturated carbocycles. The number of aromatic nitrogens is 3. The summed E-state index contributed by atoms with van der Waals surface area (Å²) in [5.74, 6) is -0.787. The van der Waals surface area contributed by atoms with Crippen molar-refractivity contribution >= 4 is 11.6 Å². The predicted octanol–water partition coefficient (Wildman–Crippen LogP) is 4.49. The van der Waals surface area contributed by atoms with Gasteiger partial charge in [-0.3, -0.25) is 4.79 Å². The van der Waals surface area contributed by atoms with Crippen molar-refractivity contribution in [2.24, 2.45) is 0 Å². The van der Waals surface area contributed by atoms with Gasteiger partial charge in [0.2, 0.25) is 5.91 Å². The number of hydrogen-bond donors (Lipinski definition) is 1. The van der Waals surface area contributed by atoms with Crippen LogP contribution in [0.25, 0.3) is 5.69 Å². The molecule has 0 radical (unpaired) electrons. The lowest BCUT2D eigenvalue weighted by Gasteiger charge is -2.15. The maximum atomic E-state index is 13.0. The zero-order valence-corrected chi connectivity index (χ0v) is 14.4. The van der Waals surface area contributed by atoms with Crippen molar-refractivity contribution in [3.05, 3.63) is 71.8 Å². The number of benzene rings is 2. The largest absolute Gasteiger partial charge is 0.416 e. The van der Waals surface area contributed by atoms with E-state index >= 15 is 0 Å². The molecule has 152 valence electrons. The Morgan fingerprint density at radius 3 is 2.28 bits per heavy atom. The molecule has 1 N–H and O–H groups in total. The van der Waals surface area contributed by atoms with Crippen LogP contribution in [-0.2, 0) is 23.6 Å². The molecule has 1 heterocycles. The van der Waals surface area contributed by atoms with Gasteiger partial charge in [0.05, 0.1) is 28.9 Å². The number of anilines is 1. The number of nitrogens with one attached hydrogen (secondary N) is 1. The van der Waals surface area contributed by atoms with E-state index in [1.165, 1.54) is 12.4 Å². The molecule has 0 atom stereocenters. The first-order chi connectivity index (χ1) is 13.5. The highest BCUT2D eigenvalue weighted by Gasteiger charge is 2.32. The number of alkyl halides is 6. The number of halogens is 6. The molecule has 0 spiro atoms. The third-order valence-corrected chi connectivity index (χ3v) is 3.88. The maximum absolute atomic E-state index is 13.0. The van der Waals surface area contributed by atoms with Gasteiger partial charge in [-0.25, -0.2) is 9.67 Å². The van der Waals surface area contributed by atoms with Gasteiger partial charge in [0.25, 0.3) is 0 Å². The Morgan fingerprint density at radius 2 is 1.66 bits per heavy atom. The number of nitrogens with zero attached hydrogens (tertiary/aromatic N) is 3. The van der Waals surface area contributed by atoms with Gasteiger partial charge in [0, 0.05) is 0 Å². The monoisotopic (exact) mass is 414 g/mol. The fraction of sp³-hybridized carbons (Fsp3) is 0.167. The molecule has 3 aromatic rings. The summed E-state index contributed by atoms with van der Waals surface area (Å²) in [5.41, 5.74) is -1.96. The minimum absolute atomic E-state index is 0.0617. The summed E-state index contributed by atoms with van der Waals surface area (Å²) >= 11 is 0. The molecule has 0 bridgehead atoms. The number of hydrogen-bond acceptors (Lipinski definition) is 3. The first kappa shape index (κ1) is 20.4. The molecule has 3 rings (SSSR count). The van der Waals surface area contributed by atoms with E-state index in [0.717, 1.165) is 47.4 Å². The average molecular weight is 414 g/mol. The summed E-state index contributed by atoms with van der Waals surface area (Å²) in [6, 6.07) is 6.79. The van der Waals surface area contributed by atoms with E-state index in [4.69, 9.17) is 0 Å². The van der Waals surface area contributed by atoms with E-state index in [0.29, 0.717) is 0 Å². The third kappa shape index (κ3) is 4.92. The number of amides is 1. The van der Waals surface area contributed by atoms with Crippen molar-refractivity contribution in [3.63, 3.8) is 0 Å². The van der Waals surface area contributed by atoms with E-state index in [9.17, 15) is 31.1 Å². The lowest BCUT2D eigenvalue weighted by Crippen LogP contribution is -2.18. The Morgan fingerprint density at radius 1 is 0.966 bits per heavy atom. The Labute approximate surface area is 160 Å².